The molecule has 0 spiro atoms. The summed E-state index contributed by atoms with van der Waals surface area (Å²) in [6.07, 6.45) is 0.297. The molecule has 162 valence electrons. The molecule has 0 aromatic heterocycles. The second-order valence-corrected chi connectivity index (χ2v) is 11.7. The van der Waals surface area contributed by atoms with Gasteiger partial charge in [0.2, 0.25) is 15.9 Å². The molecule has 1 amide bonds. The van der Waals surface area contributed by atoms with Crippen LogP contribution in [0.3, 0.4) is 0 Å². The van der Waals surface area contributed by atoms with Gasteiger partial charge >= 0.3 is 0 Å². The lowest BCUT2D eigenvalue weighted by molar-refractivity contribution is -0.121. The van der Waals surface area contributed by atoms with Crippen LogP contribution in [0.4, 0.5) is 0 Å². The van der Waals surface area contributed by atoms with E-state index >= 15 is 0 Å². The molecule has 11 heteroatoms. The highest BCUT2D eigenvalue weighted by Gasteiger charge is 2.39. The lowest BCUT2D eigenvalue weighted by Crippen LogP contribution is -2.47. The van der Waals surface area contributed by atoms with Gasteiger partial charge in [-0.1, -0.05) is 6.07 Å². The lowest BCUT2D eigenvalue weighted by Gasteiger charge is -2.27. The molecule has 1 atom stereocenters. The van der Waals surface area contributed by atoms with Crippen molar-refractivity contribution in [3.63, 3.8) is 0 Å². The third kappa shape index (κ3) is 5.08. The average Bonchev–Trinajstić information content (AvgIpc) is 2.94. The largest absolute Gasteiger partial charge is 0.495 e. The minimum Gasteiger partial charge on any atom is -0.495 e. The molecule has 0 saturated carbocycles. The topological polar surface area (TPSA) is 119 Å². The number of methoxy groups -OCH3 is 1. The van der Waals surface area contributed by atoms with Gasteiger partial charge in [-0.3, -0.25) is 4.79 Å². The van der Waals surface area contributed by atoms with Crippen LogP contribution in [-0.4, -0.2) is 77.5 Å². The molecule has 2 fully saturated rings. The minimum absolute atomic E-state index is 0.00172. The highest BCUT2D eigenvalue weighted by molar-refractivity contribution is 7.91. The normalized spacial score (nSPS) is 24.9. The predicted molar refractivity (Wildman–Crippen MR) is 106 cm³/mol. The number of nitrogens with zero attached hydrogens (tertiary/aromatic N) is 1. The molecule has 3 rings (SSSR count). The number of carbonyl (C=O) groups excluding carboxylic acids is 1. The van der Waals surface area contributed by atoms with Gasteiger partial charge in [-0.2, -0.15) is 4.31 Å². The van der Waals surface area contributed by atoms with Crippen molar-refractivity contribution in [2.24, 2.45) is 0 Å². The van der Waals surface area contributed by atoms with Crippen LogP contribution >= 0.6 is 0 Å². The van der Waals surface area contributed by atoms with Crippen molar-refractivity contribution in [1.29, 1.82) is 0 Å². The van der Waals surface area contributed by atoms with Crippen molar-refractivity contribution in [2.75, 3.05) is 44.9 Å². The van der Waals surface area contributed by atoms with Crippen LogP contribution in [-0.2, 0) is 35.8 Å². The molecule has 1 aromatic rings. The maximum Gasteiger partial charge on any atom is 0.246 e. The maximum atomic E-state index is 13.0. The number of rotatable bonds is 6. The van der Waals surface area contributed by atoms with Crippen molar-refractivity contribution in [3.05, 3.63) is 23.8 Å². The molecule has 1 aromatic carbocycles. The second-order valence-electron chi connectivity index (χ2n) is 7.63. The smallest absolute Gasteiger partial charge is 0.246 e. The first-order valence-corrected chi connectivity index (χ1v) is 12.6. The maximum absolute atomic E-state index is 13.0. The SMILES string of the molecule is COc1ccc(CC(=O)N[C@@]2(C)CCS(=O)(=O)C2)cc1S(=O)(=O)N1CCOCC1. The molecule has 2 heterocycles. The summed E-state index contributed by atoms with van der Waals surface area (Å²) in [5, 5.41) is 2.78. The summed E-state index contributed by atoms with van der Waals surface area (Å²) < 4.78 is 61.3. The molecule has 9 nitrogen and oxygen atoms in total. The van der Waals surface area contributed by atoms with Crippen molar-refractivity contribution < 1.29 is 31.1 Å². The van der Waals surface area contributed by atoms with Crippen LogP contribution in [0, 0.1) is 0 Å². The van der Waals surface area contributed by atoms with Gasteiger partial charge in [0.25, 0.3) is 0 Å². The predicted octanol–water partition coefficient (Wildman–Crippen LogP) is -0.0480. The molecule has 2 aliphatic rings. The fourth-order valence-corrected chi connectivity index (χ4v) is 7.34. The van der Waals surface area contributed by atoms with Crippen molar-refractivity contribution in [2.45, 2.75) is 30.2 Å². The van der Waals surface area contributed by atoms with E-state index in [1.54, 1.807) is 13.0 Å². The van der Waals surface area contributed by atoms with E-state index in [2.05, 4.69) is 5.32 Å². The monoisotopic (exact) mass is 446 g/mol. The van der Waals surface area contributed by atoms with Crippen LogP contribution < -0.4 is 10.1 Å². The zero-order valence-corrected chi connectivity index (χ0v) is 18.1. The van der Waals surface area contributed by atoms with Gasteiger partial charge < -0.3 is 14.8 Å². The number of ether oxygens (including phenoxy) is 2. The molecular formula is C18H26N2O7S2. The molecular weight excluding hydrogens is 420 g/mol. The summed E-state index contributed by atoms with van der Waals surface area (Å²) in [5.41, 5.74) is -0.301. The van der Waals surface area contributed by atoms with Gasteiger partial charge in [-0.25, -0.2) is 16.8 Å². The van der Waals surface area contributed by atoms with Gasteiger partial charge in [0, 0.05) is 13.1 Å². The van der Waals surface area contributed by atoms with E-state index in [1.807, 2.05) is 0 Å². The summed E-state index contributed by atoms with van der Waals surface area (Å²) in [6.45, 7) is 2.86. The number of hydrogen-bond acceptors (Lipinski definition) is 7. The summed E-state index contributed by atoms with van der Waals surface area (Å²) in [7, 11) is -5.55. The van der Waals surface area contributed by atoms with Crippen molar-refractivity contribution in [3.8, 4) is 5.75 Å². The van der Waals surface area contributed by atoms with Crippen LogP contribution in [0.1, 0.15) is 18.9 Å². The molecule has 0 unspecified atom stereocenters. The Labute approximate surface area is 171 Å². The van der Waals surface area contributed by atoms with E-state index < -0.39 is 25.4 Å². The number of hydrogen-bond donors (Lipinski definition) is 1. The number of morpholine rings is 1. The Balaban J connectivity index is 1.79. The molecule has 0 radical (unpaired) electrons. The van der Waals surface area contributed by atoms with Gasteiger partial charge in [-0.15, -0.1) is 0 Å². The van der Waals surface area contributed by atoms with Crippen LogP contribution in [0.2, 0.25) is 0 Å². The number of sulfonamides is 1. The Morgan fingerprint density at radius 2 is 2.00 bits per heavy atom. The summed E-state index contributed by atoms with van der Waals surface area (Å²) >= 11 is 0. The number of amides is 1. The Kier molecular flexibility index (Phi) is 6.23. The Morgan fingerprint density at radius 3 is 2.59 bits per heavy atom. The van der Waals surface area contributed by atoms with Crippen LogP contribution in [0.5, 0.6) is 5.75 Å². The van der Waals surface area contributed by atoms with E-state index in [0.717, 1.165) is 0 Å². The number of nitrogens with one attached hydrogen (secondary N) is 1. The van der Waals surface area contributed by atoms with Crippen LogP contribution in [0.15, 0.2) is 23.1 Å². The van der Waals surface area contributed by atoms with E-state index in [9.17, 15) is 21.6 Å². The second kappa shape index (κ2) is 8.21. The third-order valence-corrected chi connectivity index (χ3v) is 8.95. The molecule has 1 N–H and O–H groups in total. The zero-order valence-electron chi connectivity index (χ0n) is 16.5. The lowest BCUT2D eigenvalue weighted by atomic mass is 10.0. The fourth-order valence-electron chi connectivity index (χ4n) is 3.63. The number of carbonyl (C=O) groups is 1. The highest BCUT2D eigenvalue weighted by atomic mass is 32.2. The summed E-state index contributed by atoms with van der Waals surface area (Å²) in [6, 6.07) is 4.60. The van der Waals surface area contributed by atoms with E-state index in [1.165, 1.54) is 23.5 Å². The molecule has 0 aliphatic carbocycles. The van der Waals surface area contributed by atoms with Gasteiger partial charge in [0.1, 0.15) is 10.6 Å². The number of sulfone groups is 1. The minimum atomic E-state index is -3.80. The Hall–Kier alpha value is -1.69. The van der Waals surface area contributed by atoms with E-state index in [0.29, 0.717) is 25.2 Å². The Morgan fingerprint density at radius 1 is 1.31 bits per heavy atom. The molecule has 29 heavy (non-hydrogen) atoms. The summed E-state index contributed by atoms with van der Waals surface area (Å²) in [5.74, 6) is -0.196. The highest BCUT2D eigenvalue weighted by Crippen LogP contribution is 2.29. The molecule has 0 bridgehead atoms. The average molecular weight is 447 g/mol. The molecule has 2 saturated heterocycles. The zero-order chi connectivity index (χ0) is 21.3. The first kappa shape index (κ1) is 22.0. The molecule has 2 aliphatic heterocycles. The van der Waals surface area contributed by atoms with Crippen molar-refractivity contribution in [1.82, 2.24) is 9.62 Å². The number of benzene rings is 1. The third-order valence-electron chi connectivity index (χ3n) is 5.13. The Bertz CT molecular complexity index is 985. The van der Waals surface area contributed by atoms with Gasteiger partial charge in [-0.05, 0) is 31.0 Å². The fraction of sp³-hybridized carbons (Fsp3) is 0.611. The first-order chi connectivity index (χ1) is 13.5. The van der Waals surface area contributed by atoms with Crippen molar-refractivity contribution >= 4 is 25.8 Å². The summed E-state index contributed by atoms with van der Waals surface area (Å²) in [4.78, 5) is 12.5. The van der Waals surface area contributed by atoms with Gasteiger partial charge in [0.15, 0.2) is 9.84 Å². The quantitative estimate of drug-likeness (QED) is 0.651. The first-order valence-electron chi connectivity index (χ1n) is 9.31. The van der Waals surface area contributed by atoms with Crippen LogP contribution in [0.25, 0.3) is 0 Å². The van der Waals surface area contributed by atoms with E-state index in [-0.39, 0.29) is 47.6 Å². The van der Waals surface area contributed by atoms with E-state index in [4.69, 9.17) is 9.47 Å². The van der Waals surface area contributed by atoms with Gasteiger partial charge in [0.05, 0.1) is 43.8 Å². The standard InChI is InChI=1S/C18H26N2O7S2/c1-18(5-10-28(22,23)13-18)19-17(21)12-14-3-4-15(26-2)16(11-14)29(24,25)20-6-8-27-9-7-20/h3-4,11H,5-10,12-13H2,1-2H3,(H,19,21)/t18-/m0/s1.